The van der Waals surface area contributed by atoms with Gasteiger partial charge in [-0.1, -0.05) is 83.7 Å². The molecule has 0 aliphatic heterocycles. The van der Waals surface area contributed by atoms with Crippen LogP contribution in [0, 0.1) is 46.3 Å². The van der Waals surface area contributed by atoms with Gasteiger partial charge in [0, 0.05) is 6.04 Å². The van der Waals surface area contributed by atoms with E-state index < -0.39 is 0 Å². The second kappa shape index (κ2) is 11.7. The van der Waals surface area contributed by atoms with Gasteiger partial charge in [0.1, 0.15) is 11.8 Å². The molecule has 216 valence electrons. The Morgan fingerprint density at radius 3 is 2.49 bits per heavy atom. The lowest BCUT2D eigenvalue weighted by Gasteiger charge is -2.58. The topological polar surface area (TPSA) is 38.3 Å². The second-order valence-corrected chi connectivity index (χ2v) is 14.9. The molecule has 0 amide bonds. The molecule has 39 heavy (non-hydrogen) atoms. The van der Waals surface area contributed by atoms with Crippen LogP contribution in [0.1, 0.15) is 112 Å². The summed E-state index contributed by atoms with van der Waals surface area (Å²) in [4.78, 5) is 12.7. The van der Waals surface area contributed by atoms with Gasteiger partial charge in [0.25, 0.3) is 0 Å². The third-order valence-electron chi connectivity index (χ3n) is 12.1. The lowest BCUT2D eigenvalue weighted by molar-refractivity contribution is -0.136. The van der Waals surface area contributed by atoms with Gasteiger partial charge in [0.05, 0.1) is 0 Å². The van der Waals surface area contributed by atoms with Crippen LogP contribution in [0.2, 0.25) is 0 Å². The number of nitrogens with one attached hydrogen (secondary N) is 1. The van der Waals surface area contributed by atoms with Gasteiger partial charge in [-0.15, -0.1) is 0 Å². The summed E-state index contributed by atoms with van der Waals surface area (Å²) < 4.78 is 5.61. The number of hydrogen-bond donors (Lipinski definition) is 1. The molecule has 3 heteroatoms. The lowest BCUT2D eigenvalue weighted by Crippen LogP contribution is -2.53. The summed E-state index contributed by atoms with van der Waals surface area (Å²) in [5.74, 6) is 5.68. The number of hydrogen-bond acceptors (Lipinski definition) is 3. The van der Waals surface area contributed by atoms with E-state index in [1.807, 2.05) is 37.3 Å². The highest BCUT2D eigenvalue weighted by atomic mass is 16.5. The number of rotatable bonds is 9. The van der Waals surface area contributed by atoms with Crippen molar-refractivity contribution in [1.82, 2.24) is 5.32 Å². The Hall–Kier alpha value is -1.61. The van der Waals surface area contributed by atoms with Crippen molar-refractivity contribution in [1.29, 1.82) is 0 Å². The number of ether oxygens (including phenoxy) is 1. The molecule has 4 unspecified atom stereocenters. The Balaban J connectivity index is 1.21. The molecular weight excluding hydrogens is 478 g/mol. The van der Waals surface area contributed by atoms with Crippen molar-refractivity contribution in [2.45, 2.75) is 124 Å². The van der Waals surface area contributed by atoms with Gasteiger partial charge < -0.3 is 10.1 Å². The molecule has 0 spiro atoms. The molecule has 4 aliphatic rings. The van der Waals surface area contributed by atoms with Gasteiger partial charge in [-0.25, -0.2) is 4.79 Å². The zero-order valence-corrected chi connectivity index (χ0v) is 25.7. The fourth-order valence-corrected chi connectivity index (χ4v) is 9.94. The van der Waals surface area contributed by atoms with E-state index in [2.05, 4.69) is 46.0 Å². The first-order valence-corrected chi connectivity index (χ1v) is 16.3. The van der Waals surface area contributed by atoms with E-state index in [9.17, 15) is 4.79 Å². The Labute approximate surface area is 238 Å². The minimum Gasteiger partial charge on any atom is -0.425 e. The zero-order valence-electron chi connectivity index (χ0n) is 25.7. The van der Waals surface area contributed by atoms with Crippen molar-refractivity contribution in [2.24, 2.45) is 46.3 Å². The Kier molecular flexibility index (Phi) is 8.68. The molecule has 0 bridgehead atoms. The third kappa shape index (κ3) is 5.77. The van der Waals surface area contributed by atoms with E-state index in [0.29, 0.717) is 22.6 Å². The van der Waals surface area contributed by atoms with Gasteiger partial charge >= 0.3 is 5.97 Å². The van der Waals surface area contributed by atoms with Gasteiger partial charge in [0.15, 0.2) is 0 Å². The smallest absolute Gasteiger partial charge is 0.328 e. The van der Waals surface area contributed by atoms with Gasteiger partial charge in [-0.05, 0) is 117 Å². The fourth-order valence-electron chi connectivity index (χ4n) is 9.94. The normalized spacial score (nSPS) is 37.3. The molecule has 0 heterocycles. The number of esters is 1. The number of para-hydroxylation sites is 1. The van der Waals surface area contributed by atoms with Crippen LogP contribution in [-0.4, -0.2) is 18.1 Å². The predicted octanol–water partition coefficient (Wildman–Crippen LogP) is 8.98. The summed E-state index contributed by atoms with van der Waals surface area (Å²) in [6.45, 7) is 14.6. The van der Waals surface area contributed by atoms with Crippen LogP contribution >= 0.6 is 0 Å². The zero-order chi connectivity index (χ0) is 27.8. The number of carbonyl (C=O) groups excluding carboxylic acids is 1. The number of carbonyl (C=O) groups is 1. The Morgan fingerprint density at radius 1 is 0.974 bits per heavy atom. The number of benzene rings is 1. The van der Waals surface area contributed by atoms with Crippen LogP contribution in [0.3, 0.4) is 0 Å². The molecule has 3 fully saturated rings. The van der Waals surface area contributed by atoms with E-state index in [-0.39, 0.29) is 12.0 Å². The molecule has 9 atom stereocenters. The van der Waals surface area contributed by atoms with Gasteiger partial charge in [-0.2, -0.15) is 0 Å². The molecule has 0 radical (unpaired) electrons. The second-order valence-electron chi connectivity index (χ2n) is 14.9. The minimum atomic E-state index is -0.301. The predicted molar refractivity (Wildman–Crippen MR) is 162 cm³/mol. The molecule has 1 aromatic rings. The maximum absolute atomic E-state index is 12.7. The molecule has 3 nitrogen and oxygen atoms in total. The summed E-state index contributed by atoms with van der Waals surface area (Å²) >= 11 is 0. The number of fused-ring (bicyclic) bond motifs is 5. The number of allylic oxidation sites excluding steroid dienone is 1. The van der Waals surface area contributed by atoms with E-state index in [0.717, 1.165) is 48.3 Å². The first kappa shape index (κ1) is 28.9. The summed E-state index contributed by atoms with van der Waals surface area (Å²) in [7, 11) is 0. The largest absolute Gasteiger partial charge is 0.425 e. The van der Waals surface area contributed by atoms with Crippen LogP contribution in [0.5, 0.6) is 5.75 Å². The lowest BCUT2D eigenvalue weighted by atomic mass is 9.47. The standard InChI is InChI=1S/C36H55NO2/c1-24(2)11-10-12-25(3)31-17-18-32-30-16-15-27-23-28(19-21-35(27,5)33(30)20-22-36(31,32)6)37-26(4)34(38)39-29-13-8-7-9-14-29/h7-9,13-15,24-26,28,30-33,37H,10-12,16-23H2,1-6H3/t25-,26+,28?,30?,31-,32?,33?,35+,36-/m1/s1. The van der Waals surface area contributed by atoms with E-state index in [4.69, 9.17) is 4.74 Å². The molecule has 0 saturated heterocycles. The SMILES string of the molecule is CC(C)CCC[C@@H](C)[C@H]1CCC2C3CC=C4CC(N[C@@H](C)C(=O)Oc5ccccc5)CC[C@]4(C)C3CC[C@@]21C. The highest BCUT2D eigenvalue weighted by molar-refractivity contribution is 5.77. The average molecular weight is 534 g/mol. The van der Waals surface area contributed by atoms with Crippen LogP contribution < -0.4 is 10.1 Å². The molecule has 5 rings (SSSR count). The van der Waals surface area contributed by atoms with E-state index in [1.165, 1.54) is 57.8 Å². The molecule has 1 N–H and O–H groups in total. The molecule has 4 aliphatic carbocycles. The molecule has 3 saturated carbocycles. The van der Waals surface area contributed by atoms with E-state index in [1.54, 1.807) is 5.57 Å². The molecule has 0 aromatic heterocycles. The average Bonchev–Trinajstić information content (AvgIpc) is 3.26. The maximum Gasteiger partial charge on any atom is 0.328 e. The molecule has 1 aromatic carbocycles. The Bertz CT molecular complexity index is 1020. The summed E-state index contributed by atoms with van der Waals surface area (Å²) in [6, 6.07) is 9.48. The minimum absolute atomic E-state index is 0.187. The molecular formula is C36H55NO2. The summed E-state index contributed by atoms with van der Waals surface area (Å²) in [5, 5.41) is 3.63. The van der Waals surface area contributed by atoms with Crippen LogP contribution in [0.25, 0.3) is 0 Å². The summed E-state index contributed by atoms with van der Waals surface area (Å²) in [6.07, 6.45) is 17.4. The van der Waals surface area contributed by atoms with Crippen molar-refractivity contribution in [3.8, 4) is 5.75 Å². The van der Waals surface area contributed by atoms with Crippen LogP contribution in [0.15, 0.2) is 42.0 Å². The summed E-state index contributed by atoms with van der Waals surface area (Å²) in [5.41, 5.74) is 2.57. The van der Waals surface area contributed by atoms with Crippen molar-refractivity contribution in [3.63, 3.8) is 0 Å². The van der Waals surface area contributed by atoms with E-state index >= 15 is 0 Å². The first-order chi connectivity index (χ1) is 18.6. The van der Waals surface area contributed by atoms with Gasteiger partial charge in [-0.3, -0.25) is 0 Å². The maximum atomic E-state index is 12.7. The monoisotopic (exact) mass is 533 g/mol. The van der Waals surface area contributed by atoms with Crippen molar-refractivity contribution in [3.05, 3.63) is 42.0 Å². The van der Waals surface area contributed by atoms with Crippen molar-refractivity contribution in [2.75, 3.05) is 0 Å². The van der Waals surface area contributed by atoms with Crippen LogP contribution in [0.4, 0.5) is 0 Å². The highest BCUT2D eigenvalue weighted by Crippen LogP contribution is 2.67. The fraction of sp³-hybridized carbons (Fsp3) is 0.750. The Morgan fingerprint density at radius 2 is 1.74 bits per heavy atom. The van der Waals surface area contributed by atoms with Crippen LogP contribution in [-0.2, 0) is 4.79 Å². The highest BCUT2D eigenvalue weighted by Gasteiger charge is 2.59. The van der Waals surface area contributed by atoms with Crippen molar-refractivity contribution < 1.29 is 9.53 Å². The quantitative estimate of drug-likeness (QED) is 0.195. The van der Waals surface area contributed by atoms with Crippen molar-refractivity contribution >= 4 is 5.97 Å². The third-order valence-corrected chi connectivity index (χ3v) is 12.1. The van der Waals surface area contributed by atoms with Gasteiger partial charge in [0.2, 0.25) is 0 Å². The first-order valence-electron chi connectivity index (χ1n) is 16.3.